The van der Waals surface area contributed by atoms with E-state index in [1.165, 1.54) is 15.6 Å². The molecule has 4 N–H and O–H groups in total. The Kier molecular flexibility index (Phi) is 13.3. The van der Waals surface area contributed by atoms with E-state index in [1.54, 1.807) is 17.5 Å². The molecule has 11 nitrogen and oxygen atoms in total. The topological polar surface area (TPSA) is 175 Å². The van der Waals surface area contributed by atoms with Crippen molar-refractivity contribution in [1.82, 2.24) is 9.88 Å². The molecule has 0 spiro atoms. The van der Waals surface area contributed by atoms with Crippen LogP contribution in [0.5, 0.6) is 5.75 Å². The van der Waals surface area contributed by atoms with Crippen LogP contribution in [0.1, 0.15) is 0 Å². The van der Waals surface area contributed by atoms with Crippen molar-refractivity contribution in [1.29, 1.82) is 0 Å². The van der Waals surface area contributed by atoms with E-state index in [9.17, 15) is 19.2 Å². The third-order valence-corrected chi connectivity index (χ3v) is 5.01. The summed E-state index contributed by atoms with van der Waals surface area (Å²) in [5.41, 5.74) is 2.40. The first kappa shape index (κ1) is 30.5. The Morgan fingerprint density at radius 3 is 1.95 bits per heavy atom. The van der Waals surface area contributed by atoms with Crippen molar-refractivity contribution in [3.05, 3.63) is 72.4 Å². The van der Waals surface area contributed by atoms with E-state index >= 15 is 0 Å². The van der Waals surface area contributed by atoms with Crippen LogP contribution < -0.4 is 4.74 Å². The molecule has 196 valence electrons. The van der Waals surface area contributed by atoms with E-state index in [-0.39, 0.29) is 0 Å². The van der Waals surface area contributed by atoms with Crippen LogP contribution in [-0.4, -0.2) is 81.4 Å². The zero-order valence-corrected chi connectivity index (χ0v) is 20.8. The Balaban J connectivity index is 0.000000355. The highest BCUT2D eigenvalue weighted by Gasteiger charge is 2.07. The molecule has 1 aromatic carbocycles. The highest BCUT2D eigenvalue weighted by atomic mass is 32.1. The van der Waals surface area contributed by atoms with Crippen LogP contribution in [0.2, 0.25) is 0 Å². The third kappa shape index (κ3) is 13.2. The molecule has 0 saturated carbocycles. The summed E-state index contributed by atoms with van der Waals surface area (Å²) in [4.78, 5) is 44.5. The summed E-state index contributed by atoms with van der Waals surface area (Å²) in [6.45, 7) is 1.63. The molecule has 0 unspecified atom stereocenters. The number of thiophene rings is 1. The molecule has 0 saturated heterocycles. The quantitative estimate of drug-likeness (QED) is 0.299. The maximum Gasteiger partial charge on any atom is 0.328 e. The normalized spacial score (nSPS) is 10.5. The van der Waals surface area contributed by atoms with Crippen molar-refractivity contribution in [3.8, 4) is 16.9 Å². The number of ether oxygens (including phenoxy) is 1. The predicted octanol–water partition coefficient (Wildman–Crippen LogP) is 3.33. The minimum Gasteiger partial charge on any atom is -0.492 e. The molecule has 0 aliphatic rings. The van der Waals surface area contributed by atoms with Crippen molar-refractivity contribution < 1.29 is 44.3 Å². The van der Waals surface area contributed by atoms with Crippen LogP contribution in [0.25, 0.3) is 21.2 Å². The number of carboxylic acid groups (broad SMARTS) is 4. The Labute approximate surface area is 216 Å². The predicted molar refractivity (Wildman–Crippen MR) is 138 cm³/mol. The summed E-state index contributed by atoms with van der Waals surface area (Å²) in [5.74, 6) is -4.09. The van der Waals surface area contributed by atoms with E-state index in [1.807, 2.05) is 32.4 Å². The average molecular weight is 531 g/mol. The Hall–Kier alpha value is -4.55. The number of hydrogen-bond donors (Lipinski definition) is 4. The molecular formula is C25H26N2O9S. The lowest BCUT2D eigenvalue weighted by molar-refractivity contribution is -0.134. The summed E-state index contributed by atoms with van der Waals surface area (Å²) in [6.07, 6.45) is 5.94. The van der Waals surface area contributed by atoms with Gasteiger partial charge in [-0.15, -0.1) is 11.3 Å². The molecule has 12 heteroatoms. The molecular weight excluding hydrogens is 504 g/mol. The summed E-state index contributed by atoms with van der Waals surface area (Å²) in [7, 11) is 4.10. The van der Waals surface area contributed by atoms with Crippen LogP contribution in [-0.2, 0) is 19.2 Å². The van der Waals surface area contributed by atoms with Gasteiger partial charge >= 0.3 is 23.9 Å². The van der Waals surface area contributed by atoms with E-state index in [0.29, 0.717) is 30.9 Å². The van der Waals surface area contributed by atoms with E-state index in [2.05, 4.69) is 33.5 Å². The summed E-state index contributed by atoms with van der Waals surface area (Å²) >= 11 is 1.74. The fourth-order valence-electron chi connectivity index (χ4n) is 2.48. The summed E-state index contributed by atoms with van der Waals surface area (Å²) in [5, 5.41) is 34.7. The van der Waals surface area contributed by atoms with Gasteiger partial charge < -0.3 is 30.1 Å². The molecule has 0 amide bonds. The lowest BCUT2D eigenvalue weighted by Gasteiger charge is -2.11. The number of carbonyl (C=O) groups is 4. The highest BCUT2D eigenvalue weighted by molar-refractivity contribution is 7.17. The van der Waals surface area contributed by atoms with E-state index in [4.69, 9.17) is 25.2 Å². The van der Waals surface area contributed by atoms with Gasteiger partial charge in [-0.1, -0.05) is 6.07 Å². The molecule has 37 heavy (non-hydrogen) atoms. The first-order chi connectivity index (χ1) is 17.5. The maximum atomic E-state index is 9.55. The molecule has 0 fully saturated rings. The molecule has 0 aliphatic carbocycles. The first-order valence-corrected chi connectivity index (χ1v) is 11.3. The van der Waals surface area contributed by atoms with Gasteiger partial charge in [-0.3, -0.25) is 4.98 Å². The zero-order chi connectivity index (χ0) is 27.8. The second-order valence-electron chi connectivity index (χ2n) is 7.22. The van der Waals surface area contributed by atoms with Crippen molar-refractivity contribution in [3.63, 3.8) is 0 Å². The van der Waals surface area contributed by atoms with Gasteiger partial charge in [-0.2, -0.15) is 0 Å². The van der Waals surface area contributed by atoms with Gasteiger partial charge in [-0.25, -0.2) is 19.2 Å². The third-order valence-electron chi connectivity index (χ3n) is 4.06. The van der Waals surface area contributed by atoms with Crippen LogP contribution in [0.3, 0.4) is 0 Å². The van der Waals surface area contributed by atoms with Crippen LogP contribution in [0.4, 0.5) is 0 Å². The Bertz CT molecular complexity index is 1190. The number of fused-ring (bicyclic) bond motifs is 1. The molecule has 0 atom stereocenters. The van der Waals surface area contributed by atoms with Gasteiger partial charge in [0.2, 0.25) is 0 Å². The molecule has 3 rings (SSSR count). The van der Waals surface area contributed by atoms with E-state index < -0.39 is 23.9 Å². The number of rotatable bonds is 9. The second kappa shape index (κ2) is 16.2. The minimum absolute atomic E-state index is 0.558. The Morgan fingerprint density at radius 1 is 0.919 bits per heavy atom. The number of benzene rings is 1. The number of aromatic nitrogens is 1. The lowest BCUT2D eigenvalue weighted by Crippen LogP contribution is -2.19. The highest BCUT2D eigenvalue weighted by Crippen LogP contribution is 2.35. The zero-order valence-electron chi connectivity index (χ0n) is 20.0. The van der Waals surface area contributed by atoms with Gasteiger partial charge in [0.25, 0.3) is 0 Å². The van der Waals surface area contributed by atoms with Gasteiger partial charge in [0, 0.05) is 64.5 Å². The smallest absolute Gasteiger partial charge is 0.328 e. The SMILES string of the molecule is CN(C)CCOc1ccc2c(-c3cccnc3)csc2c1.O=C(O)/C=C\C(=O)O.O=C(O)/C=C\C(=O)O. The number of carboxylic acids is 4. The number of hydrogen-bond acceptors (Lipinski definition) is 8. The molecule has 2 aromatic heterocycles. The largest absolute Gasteiger partial charge is 0.492 e. The number of pyridine rings is 1. The van der Waals surface area contributed by atoms with E-state index in [0.717, 1.165) is 17.9 Å². The summed E-state index contributed by atoms with van der Waals surface area (Å²) < 4.78 is 7.04. The van der Waals surface area contributed by atoms with Crippen molar-refractivity contribution in [2.45, 2.75) is 0 Å². The van der Waals surface area contributed by atoms with Gasteiger partial charge in [-0.05, 0) is 43.7 Å². The first-order valence-electron chi connectivity index (χ1n) is 10.5. The monoisotopic (exact) mass is 530 g/mol. The Morgan fingerprint density at radius 2 is 1.49 bits per heavy atom. The van der Waals surface area contributed by atoms with Crippen molar-refractivity contribution >= 4 is 45.3 Å². The molecule has 3 aromatic rings. The molecule has 0 bridgehead atoms. The lowest BCUT2D eigenvalue weighted by atomic mass is 10.1. The molecule has 0 aliphatic heterocycles. The van der Waals surface area contributed by atoms with Crippen molar-refractivity contribution in [2.24, 2.45) is 0 Å². The van der Waals surface area contributed by atoms with Gasteiger partial charge in [0.1, 0.15) is 12.4 Å². The molecule has 2 heterocycles. The average Bonchev–Trinajstić information content (AvgIpc) is 3.26. The van der Waals surface area contributed by atoms with Gasteiger partial charge in [0.05, 0.1) is 0 Å². The fraction of sp³-hybridized carbons (Fsp3) is 0.160. The van der Waals surface area contributed by atoms with Crippen LogP contribution in [0.15, 0.2) is 72.4 Å². The standard InChI is InChI=1S/C17H18N2OS.2C4H4O4/c1-19(2)8-9-20-14-5-6-15-16(12-21-17(15)10-14)13-4-3-7-18-11-13;2*5-3(6)1-2-4(7)8/h3-7,10-12H,8-9H2,1-2H3;2*1-2H,(H,5,6)(H,7,8)/b;2*2-1-. The van der Waals surface area contributed by atoms with Crippen LogP contribution in [0, 0.1) is 0 Å². The van der Waals surface area contributed by atoms with Gasteiger partial charge in [0.15, 0.2) is 0 Å². The molecule has 0 radical (unpaired) electrons. The second-order valence-corrected chi connectivity index (χ2v) is 8.13. The number of aliphatic carboxylic acids is 4. The number of nitrogens with zero attached hydrogens (tertiary/aromatic N) is 2. The summed E-state index contributed by atoms with van der Waals surface area (Å²) in [6, 6.07) is 10.4. The van der Waals surface area contributed by atoms with Crippen molar-refractivity contribution in [2.75, 3.05) is 27.2 Å². The minimum atomic E-state index is -1.26. The number of likely N-dealkylation sites (N-methyl/N-ethyl adjacent to an activating group) is 1. The fourth-order valence-corrected chi connectivity index (χ4v) is 3.47. The van der Waals surface area contributed by atoms with Crippen LogP contribution >= 0.6 is 11.3 Å². The maximum absolute atomic E-state index is 9.55.